The van der Waals surface area contributed by atoms with Gasteiger partial charge in [0.15, 0.2) is 0 Å². The van der Waals surface area contributed by atoms with Gasteiger partial charge in [-0.15, -0.1) is 0 Å². The van der Waals surface area contributed by atoms with Gasteiger partial charge in [0, 0.05) is 24.5 Å². The van der Waals surface area contributed by atoms with Gasteiger partial charge in [-0.25, -0.2) is 0 Å². The normalized spacial score (nSPS) is 21.1. The Morgan fingerprint density at radius 2 is 1.73 bits per heavy atom. The molecule has 0 spiro atoms. The van der Waals surface area contributed by atoms with Gasteiger partial charge in [0.05, 0.1) is 6.04 Å². The number of nitrogens with one attached hydrogen (secondary N) is 1. The maximum atomic E-state index is 3.72. The van der Waals surface area contributed by atoms with Crippen molar-refractivity contribution in [3.8, 4) is 0 Å². The summed E-state index contributed by atoms with van der Waals surface area (Å²) in [6.45, 7) is 2.44. The van der Waals surface area contributed by atoms with Crippen LogP contribution in [0.1, 0.15) is 42.9 Å². The van der Waals surface area contributed by atoms with Gasteiger partial charge >= 0.3 is 0 Å². The Hall–Kier alpha value is -1.96. The first-order valence-electron chi connectivity index (χ1n) is 8.59. The predicted octanol–water partition coefficient (Wildman–Crippen LogP) is 4.78. The highest BCUT2D eigenvalue weighted by Gasteiger charge is 2.20. The van der Waals surface area contributed by atoms with E-state index in [1.54, 1.807) is 0 Å². The van der Waals surface area contributed by atoms with E-state index in [9.17, 15) is 0 Å². The van der Waals surface area contributed by atoms with Gasteiger partial charge in [0.25, 0.3) is 0 Å². The lowest BCUT2D eigenvalue weighted by molar-refractivity contribution is 0.577. The second-order valence-electron chi connectivity index (χ2n) is 6.54. The highest BCUT2D eigenvalue weighted by atomic mass is 15.1. The van der Waals surface area contributed by atoms with Crippen molar-refractivity contribution in [2.24, 2.45) is 0 Å². The summed E-state index contributed by atoms with van der Waals surface area (Å²) in [6, 6.07) is 18.3. The SMILES string of the molecule is c1ccc(C2CCc3cc(N4CCCCC4)ccc3N2)cc1. The van der Waals surface area contributed by atoms with Crippen LogP contribution in [0.5, 0.6) is 0 Å². The molecule has 22 heavy (non-hydrogen) atoms. The number of hydrogen-bond donors (Lipinski definition) is 1. The summed E-state index contributed by atoms with van der Waals surface area (Å²) in [5.41, 5.74) is 5.61. The van der Waals surface area contributed by atoms with Gasteiger partial charge in [-0.05, 0) is 61.4 Å². The van der Waals surface area contributed by atoms with E-state index in [1.807, 2.05) is 0 Å². The van der Waals surface area contributed by atoms with Crippen LogP contribution in [0.2, 0.25) is 0 Å². The molecule has 114 valence electrons. The molecule has 0 amide bonds. The van der Waals surface area contributed by atoms with Crippen LogP contribution >= 0.6 is 0 Å². The Morgan fingerprint density at radius 1 is 0.909 bits per heavy atom. The topological polar surface area (TPSA) is 15.3 Å². The van der Waals surface area contributed by atoms with Crippen LogP contribution < -0.4 is 10.2 Å². The van der Waals surface area contributed by atoms with Gasteiger partial charge in [-0.2, -0.15) is 0 Å². The lowest BCUT2D eigenvalue weighted by atomic mass is 9.93. The zero-order chi connectivity index (χ0) is 14.8. The Labute approximate surface area is 133 Å². The first kappa shape index (κ1) is 13.7. The number of piperidine rings is 1. The van der Waals surface area contributed by atoms with Gasteiger partial charge < -0.3 is 10.2 Å². The molecule has 0 radical (unpaired) electrons. The van der Waals surface area contributed by atoms with E-state index in [-0.39, 0.29) is 0 Å². The molecule has 2 aromatic rings. The number of anilines is 2. The second-order valence-corrected chi connectivity index (χ2v) is 6.54. The molecular formula is C20H24N2. The first-order chi connectivity index (χ1) is 10.9. The minimum Gasteiger partial charge on any atom is -0.378 e. The Balaban J connectivity index is 1.54. The molecule has 1 saturated heterocycles. The standard InChI is InChI=1S/C20H24N2/c1-3-7-16(8-4-1)19-11-9-17-15-18(10-12-20(17)21-19)22-13-5-2-6-14-22/h1,3-4,7-8,10,12,15,19,21H,2,5-6,9,11,13-14H2. The lowest BCUT2D eigenvalue weighted by Gasteiger charge is -2.32. The maximum Gasteiger partial charge on any atom is 0.0517 e. The molecule has 0 saturated carbocycles. The summed E-state index contributed by atoms with van der Waals surface area (Å²) in [5, 5.41) is 3.72. The molecule has 0 bridgehead atoms. The number of rotatable bonds is 2. The van der Waals surface area contributed by atoms with E-state index in [2.05, 4.69) is 58.7 Å². The smallest absolute Gasteiger partial charge is 0.0517 e. The third-order valence-corrected chi connectivity index (χ3v) is 5.04. The molecule has 4 rings (SSSR count). The van der Waals surface area contributed by atoms with Crippen LogP contribution in [0.25, 0.3) is 0 Å². The molecular weight excluding hydrogens is 268 g/mol. The number of fused-ring (bicyclic) bond motifs is 1. The molecule has 1 N–H and O–H groups in total. The number of nitrogens with zero attached hydrogens (tertiary/aromatic N) is 1. The van der Waals surface area contributed by atoms with Crippen LogP contribution in [-0.2, 0) is 6.42 Å². The molecule has 2 heteroatoms. The third-order valence-electron chi connectivity index (χ3n) is 5.04. The Kier molecular flexibility index (Phi) is 3.75. The van der Waals surface area contributed by atoms with Crippen molar-refractivity contribution in [1.82, 2.24) is 0 Å². The first-order valence-corrected chi connectivity index (χ1v) is 8.59. The molecule has 1 atom stereocenters. The molecule has 2 heterocycles. The van der Waals surface area contributed by atoms with Crippen molar-refractivity contribution >= 4 is 11.4 Å². The highest BCUT2D eigenvalue weighted by molar-refractivity contribution is 5.63. The fraction of sp³-hybridized carbons (Fsp3) is 0.400. The summed E-state index contributed by atoms with van der Waals surface area (Å²) >= 11 is 0. The average Bonchev–Trinajstić information content (AvgIpc) is 2.62. The summed E-state index contributed by atoms with van der Waals surface area (Å²) in [4.78, 5) is 2.55. The van der Waals surface area contributed by atoms with Crippen LogP contribution in [0.4, 0.5) is 11.4 Å². The number of benzene rings is 2. The predicted molar refractivity (Wildman–Crippen MR) is 93.6 cm³/mol. The van der Waals surface area contributed by atoms with Crippen molar-refractivity contribution < 1.29 is 0 Å². The van der Waals surface area contributed by atoms with E-state index in [4.69, 9.17) is 0 Å². The average molecular weight is 292 g/mol. The van der Waals surface area contributed by atoms with Crippen LogP contribution in [0, 0.1) is 0 Å². The summed E-state index contributed by atoms with van der Waals surface area (Å²) < 4.78 is 0. The summed E-state index contributed by atoms with van der Waals surface area (Å²) in [6.07, 6.45) is 6.42. The van der Waals surface area contributed by atoms with Gasteiger partial charge in [0.2, 0.25) is 0 Å². The van der Waals surface area contributed by atoms with E-state index in [1.165, 1.54) is 67.7 Å². The van der Waals surface area contributed by atoms with Crippen LogP contribution in [0.3, 0.4) is 0 Å². The molecule has 2 aromatic carbocycles. The molecule has 1 unspecified atom stereocenters. The van der Waals surface area contributed by atoms with Crippen molar-refractivity contribution in [2.75, 3.05) is 23.3 Å². The second kappa shape index (κ2) is 6.04. The Morgan fingerprint density at radius 3 is 2.55 bits per heavy atom. The maximum absolute atomic E-state index is 3.72. The lowest BCUT2D eigenvalue weighted by Crippen LogP contribution is -2.29. The molecule has 0 aromatic heterocycles. The largest absolute Gasteiger partial charge is 0.378 e. The number of aryl methyl sites for hydroxylation is 1. The van der Waals surface area contributed by atoms with Crippen molar-refractivity contribution in [3.05, 3.63) is 59.7 Å². The summed E-state index contributed by atoms with van der Waals surface area (Å²) in [5.74, 6) is 0. The van der Waals surface area contributed by atoms with E-state index >= 15 is 0 Å². The fourth-order valence-corrected chi connectivity index (χ4v) is 3.77. The van der Waals surface area contributed by atoms with Gasteiger partial charge in [-0.3, -0.25) is 0 Å². The van der Waals surface area contributed by atoms with Crippen molar-refractivity contribution in [2.45, 2.75) is 38.1 Å². The molecule has 0 aliphatic carbocycles. The number of hydrogen-bond acceptors (Lipinski definition) is 2. The molecule has 2 aliphatic rings. The monoisotopic (exact) mass is 292 g/mol. The molecule has 2 nitrogen and oxygen atoms in total. The van der Waals surface area contributed by atoms with Crippen LogP contribution in [0.15, 0.2) is 48.5 Å². The van der Waals surface area contributed by atoms with Crippen molar-refractivity contribution in [3.63, 3.8) is 0 Å². The van der Waals surface area contributed by atoms with Gasteiger partial charge in [0.1, 0.15) is 0 Å². The molecule has 1 fully saturated rings. The summed E-state index contributed by atoms with van der Waals surface area (Å²) in [7, 11) is 0. The fourth-order valence-electron chi connectivity index (χ4n) is 3.77. The minimum atomic E-state index is 0.453. The zero-order valence-corrected chi connectivity index (χ0v) is 13.1. The quantitative estimate of drug-likeness (QED) is 0.857. The van der Waals surface area contributed by atoms with E-state index in [0.29, 0.717) is 6.04 Å². The highest BCUT2D eigenvalue weighted by Crippen LogP contribution is 2.35. The van der Waals surface area contributed by atoms with E-state index < -0.39 is 0 Å². The third kappa shape index (κ3) is 2.70. The minimum absolute atomic E-state index is 0.453. The van der Waals surface area contributed by atoms with E-state index in [0.717, 1.165) is 0 Å². The van der Waals surface area contributed by atoms with Crippen molar-refractivity contribution in [1.29, 1.82) is 0 Å². The Bertz CT molecular complexity index is 629. The van der Waals surface area contributed by atoms with Crippen LogP contribution in [-0.4, -0.2) is 13.1 Å². The zero-order valence-electron chi connectivity index (χ0n) is 13.1. The van der Waals surface area contributed by atoms with Gasteiger partial charge in [-0.1, -0.05) is 30.3 Å². The molecule has 2 aliphatic heterocycles.